The largest absolute Gasteiger partial charge is 0.486 e. The van der Waals surface area contributed by atoms with E-state index in [1.807, 2.05) is 18.2 Å². The Morgan fingerprint density at radius 1 is 1.00 bits per heavy atom. The lowest BCUT2D eigenvalue weighted by molar-refractivity contribution is 0.0492. The Balaban J connectivity index is 1.40. The van der Waals surface area contributed by atoms with Crippen molar-refractivity contribution in [2.75, 3.05) is 39.5 Å². The van der Waals surface area contributed by atoms with Crippen LogP contribution in [0.25, 0.3) is 0 Å². The standard InChI is InChI=1S/C22H27FN2O3/c23-20-4-2-1-3-18(20)15-25-9-8-24(16-19(25)7-10-26)14-17-5-6-21-22(13-17)28-12-11-27-21/h1-6,13,19,26H,7-12,14-16H2/t19-/m0/s1. The van der Waals surface area contributed by atoms with Gasteiger partial charge in [0.2, 0.25) is 0 Å². The summed E-state index contributed by atoms with van der Waals surface area (Å²) < 4.78 is 25.3. The summed E-state index contributed by atoms with van der Waals surface area (Å²) in [6, 6.07) is 13.3. The van der Waals surface area contributed by atoms with Crippen LogP contribution in [0.1, 0.15) is 17.5 Å². The number of aliphatic hydroxyl groups excluding tert-OH is 1. The van der Waals surface area contributed by atoms with Crippen molar-refractivity contribution in [1.82, 2.24) is 9.80 Å². The van der Waals surface area contributed by atoms with Crippen molar-refractivity contribution in [3.63, 3.8) is 0 Å². The smallest absolute Gasteiger partial charge is 0.161 e. The maximum atomic E-state index is 14.1. The Morgan fingerprint density at radius 2 is 1.82 bits per heavy atom. The molecule has 2 aromatic carbocycles. The third kappa shape index (κ3) is 4.46. The molecule has 0 aromatic heterocycles. The van der Waals surface area contributed by atoms with Crippen molar-refractivity contribution in [3.8, 4) is 11.5 Å². The lowest BCUT2D eigenvalue weighted by Gasteiger charge is -2.41. The second kappa shape index (κ2) is 8.90. The number of aliphatic hydroxyl groups is 1. The van der Waals surface area contributed by atoms with Crippen LogP contribution in [0, 0.1) is 5.82 Å². The van der Waals surface area contributed by atoms with Crippen LogP contribution in [-0.4, -0.2) is 60.4 Å². The van der Waals surface area contributed by atoms with Gasteiger partial charge in [0.15, 0.2) is 11.5 Å². The van der Waals surface area contributed by atoms with E-state index < -0.39 is 0 Å². The molecule has 0 amide bonds. The maximum Gasteiger partial charge on any atom is 0.161 e. The van der Waals surface area contributed by atoms with E-state index in [0.29, 0.717) is 31.7 Å². The first-order valence-electron chi connectivity index (χ1n) is 9.92. The number of hydrogen-bond acceptors (Lipinski definition) is 5. The van der Waals surface area contributed by atoms with Crippen LogP contribution in [-0.2, 0) is 13.1 Å². The van der Waals surface area contributed by atoms with Crippen LogP contribution >= 0.6 is 0 Å². The Hall–Kier alpha value is -2.15. The minimum absolute atomic E-state index is 0.135. The monoisotopic (exact) mass is 386 g/mol. The van der Waals surface area contributed by atoms with Crippen LogP contribution in [0.15, 0.2) is 42.5 Å². The first kappa shape index (κ1) is 19.2. The number of hydrogen-bond donors (Lipinski definition) is 1. The predicted octanol–water partition coefficient (Wildman–Crippen LogP) is 2.67. The Labute approximate surface area is 165 Å². The third-order valence-electron chi connectivity index (χ3n) is 5.50. The molecule has 0 unspecified atom stereocenters. The highest BCUT2D eigenvalue weighted by Crippen LogP contribution is 2.31. The number of piperazine rings is 1. The molecule has 5 nitrogen and oxygen atoms in total. The first-order valence-corrected chi connectivity index (χ1v) is 9.92. The molecule has 1 atom stereocenters. The second-order valence-corrected chi connectivity index (χ2v) is 7.44. The molecule has 2 heterocycles. The number of nitrogens with zero attached hydrogens (tertiary/aromatic N) is 2. The van der Waals surface area contributed by atoms with Gasteiger partial charge >= 0.3 is 0 Å². The molecule has 2 aliphatic heterocycles. The lowest BCUT2D eigenvalue weighted by atomic mass is 10.1. The molecule has 6 heteroatoms. The molecule has 0 radical (unpaired) electrons. The first-order chi connectivity index (χ1) is 13.7. The average Bonchev–Trinajstić information content (AvgIpc) is 2.71. The Kier molecular flexibility index (Phi) is 6.10. The van der Waals surface area contributed by atoms with E-state index >= 15 is 0 Å². The maximum absolute atomic E-state index is 14.1. The van der Waals surface area contributed by atoms with Gasteiger partial charge in [0.1, 0.15) is 19.0 Å². The zero-order valence-corrected chi connectivity index (χ0v) is 16.0. The summed E-state index contributed by atoms with van der Waals surface area (Å²) in [5.74, 6) is 1.46. The van der Waals surface area contributed by atoms with Crippen molar-refractivity contribution in [3.05, 3.63) is 59.4 Å². The molecule has 150 valence electrons. The lowest BCUT2D eigenvalue weighted by Crippen LogP contribution is -2.52. The number of benzene rings is 2. The summed E-state index contributed by atoms with van der Waals surface area (Å²) >= 11 is 0. The van der Waals surface area contributed by atoms with Gasteiger partial charge in [0.05, 0.1) is 0 Å². The predicted molar refractivity (Wildman–Crippen MR) is 105 cm³/mol. The normalized spacial score (nSPS) is 20.3. The highest BCUT2D eigenvalue weighted by atomic mass is 19.1. The fraction of sp³-hybridized carbons (Fsp3) is 0.455. The van der Waals surface area contributed by atoms with Crippen molar-refractivity contribution in [1.29, 1.82) is 0 Å². The number of rotatable bonds is 6. The fourth-order valence-corrected chi connectivity index (χ4v) is 4.02. The fourth-order valence-electron chi connectivity index (χ4n) is 4.02. The van der Waals surface area contributed by atoms with E-state index in [1.54, 1.807) is 6.07 Å². The van der Waals surface area contributed by atoms with Gasteiger partial charge in [-0.15, -0.1) is 0 Å². The molecular formula is C22H27FN2O3. The second-order valence-electron chi connectivity index (χ2n) is 7.44. The van der Waals surface area contributed by atoms with Gasteiger partial charge in [0, 0.05) is 50.9 Å². The van der Waals surface area contributed by atoms with E-state index in [1.165, 1.54) is 11.6 Å². The van der Waals surface area contributed by atoms with Crippen LogP contribution in [0.3, 0.4) is 0 Å². The van der Waals surface area contributed by atoms with Gasteiger partial charge in [-0.05, 0) is 30.2 Å². The van der Waals surface area contributed by atoms with Crippen LogP contribution in [0.2, 0.25) is 0 Å². The van der Waals surface area contributed by atoms with Crippen LogP contribution in [0.5, 0.6) is 11.5 Å². The molecule has 2 aliphatic rings. The van der Waals surface area contributed by atoms with E-state index in [4.69, 9.17) is 9.47 Å². The molecule has 2 aromatic rings. The van der Waals surface area contributed by atoms with Crippen molar-refractivity contribution in [2.24, 2.45) is 0 Å². The Bertz CT molecular complexity index is 801. The molecular weight excluding hydrogens is 359 g/mol. The minimum atomic E-state index is -0.163. The van der Waals surface area contributed by atoms with Gasteiger partial charge in [-0.2, -0.15) is 0 Å². The average molecular weight is 386 g/mol. The molecule has 28 heavy (non-hydrogen) atoms. The highest BCUT2D eigenvalue weighted by Gasteiger charge is 2.27. The third-order valence-corrected chi connectivity index (χ3v) is 5.50. The van der Waals surface area contributed by atoms with E-state index in [-0.39, 0.29) is 18.5 Å². The zero-order chi connectivity index (χ0) is 19.3. The summed E-state index contributed by atoms with van der Waals surface area (Å²) in [6.45, 7) is 5.33. The quantitative estimate of drug-likeness (QED) is 0.827. The molecule has 1 saturated heterocycles. The van der Waals surface area contributed by atoms with Gasteiger partial charge in [-0.25, -0.2) is 4.39 Å². The van der Waals surface area contributed by atoms with Crippen LogP contribution < -0.4 is 9.47 Å². The van der Waals surface area contributed by atoms with E-state index in [0.717, 1.165) is 37.7 Å². The van der Waals surface area contributed by atoms with Crippen molar-refractivity contribution >= 4 is 0 Å². The van der Waals surface area contributed by atoms with E-state index in [2.05, 4.69) is 21.9 Å². The summed E-state index contributed by atoms with van der Waals surface area (Å²) in [5, 5.41) is 9.52. The molecule has 0 spiro atoms. The minimum Gasteiger partial charge on any atom is -0.486 e. The van der Waals surface area contributed by atoms with Crippen LogP contribution in [0.4, 0.5) is 4.39 Å². The van der Waals surface area contributed by atoms with Gasteiger partial charge in [-0.3, -0.25) is 9.80 Å². The molecule has 0 aliphatic carbocycles. The van der Waals surface area contributed by atoms with Crippen molar-refractivity contribution < 1.29 is 19.0 Å². The number of fused-ring (bicyclic) bond motifs is 1. The molecule has 1 N–H and O–H groups in total. The molecule has 1 fully saturated rings. The van der Waals surface area contributed by atoms with E-state index in [9.17, 15) is 9.50 Å². The Morgan fingerprint density at radius 3 is 2.64 bits per heavy atom. The van der Waals surface area contributed by atoms with Gasteiger partial charge < -0.3 is 14.6 Å². The summed E-state index contributed by atoms with van der Waals surface area (Å²) in [7, 11) is 0. The highest BCUT2D eigenvalue weighted by molar-refractivity contribution is 5.43. The molecule has 0 saturated carbocycles. The van der Waals surface area contributed by atoms with Gasteiger partial charge in [0.25, 0.3) is 0 Å². The molecule has 0 bridgehead atoms. The SMILES string of the molecule is OCC[C@H]1CN(Cc2ccc3c(c2)OCCO3)CCN1Cc1ccccc1F. The number of ether oxygens (including phenoxy) is 2. The van der Waals surface area contributed by atoms with Gasteiger partial charge in [-0.1, -0.05) is 24.3 Å². The topological polar surface area (TPSA) is 45.2 Å². The summed E-state index contributed by atoms with van der Waals surface area (Å²) in [6.07, 6.45) is 0.687. The summed E-state index contributed by atoms with van der Waals surface area (Å²) in [5.41, 5.74) is 1.90. The van der Waals surface area contributed by atoms with Crippen molar-refractivity contribution in [2.45, 2.75) is 25.6 Å². The summed E-state index contributed by atoms with van der Waals surface area (Å²) in [4.78, 5) is 4.68. The molecule has 4 rings (SSSR count). The zero-order valence-electron chi connectivity index (χ0n) is 16.0. The number of halogens is 1.